The van der Waals surface area contributed by atoms with Gasteiger partial charge in [0.1, 0.15) is 11.5 Å². The van der Waals surface area contributed by atoms with Crippen LogP contribution in [0.5, 0.6) is 5.75 Å². The highest BCUT2D eigenvalue weighted by Crippen LogP contribution is 2.21. The maximum atomic E-state index is 13.1. The fourth-order valence-corrected chi connectivity index (χ4v) is 3.52. The average molecular weight is 408 g/mol. The van der Waals surface area contributed by atoms with Gasteiger partial charge in [0.2, 0.25) is 5.91 Å². The molecular weight excluding hydrogens is 378 g/mol. The number of carbonyl (C=O) groups excluding carboxylic acids is 1. The molecule has 0 fully saturated rings. The summed E-state index contributed by atoms with van der Waals surface area (Å²) >= 11 is 0. The Morgan fingerprint density at radius 2 is 1.86 bits per heavy atom. The minimum absolute atomic E-state index is 0.0113. The van der Waals surface area contributed by atoms with E-state index >= 15 is 0 Å². The Balaban J connectivity index is 2.15. The van der Waals surface area contributed by atoms with Crippen LogP contribution in [0.2, 0.25) is 0 Å². The van der Waals surface area contributed by atoms with Crippen molar-refractivity contribution in [2.45, 2.75) is 52.6 Å². The molecule has 2 aromatic rings. The molecule has 1 unspecified atom stereocenters. The Morgan fingerprint density at radius 3 is 2.39 bits per heavy atom. The van der Waals surface area contributed by atoms with Gasteiger partial charge in [0, 0.05) is 12.5 Å². The van der Waals surface area contributed by atoms with Gasteiger partial charge in [0.15, 0.2) is 0 Å². The van der Waals surface area contributed by atoms with E-state index in [4.69, 9.17) is 8.60 Å². The molecular formula is C21H29NO5S. The molecule has 0 radical (unpaired) electrons. The van der Waals surface area contributed by atoms with Crippen LogP contribution >= 0.6 is 0 Å². The van der Waals surface area contributed by atoms with Crippen molar-refractivity contribution in [1.82, 2.24) is 4.90 Å². The number of furan rings is 1. The zero-order valence-electron chi connectivity index (χ0n) is 16.8. The van der Waals surface area contributed by atoms with Crippen molar-refractivity contribution >= 4 is 16.0 Å². The van der Waals surface area contributed by atoms with E-state index in [1.54, 1.807) is 35.4 Å². The lowest BCUT2D eigenvalue weighted by molar-refractivity contribution is -0.137. The summed E-state index contributed by atoms with van der Waals surface area (Å²) in [6.07, 6.45) is 6.37. The first-order valence-electron chi connectivity index (χ1n) is 9.62. The standard InChI is InChI=1S/C21H29NO5S/c1-4-6-8-18(5-2)21(23)22(16-20-9-7-14-26-20)15-17-10-12-19(13-11-17)27-28(3,24)25/h7,9-14,18H,4-6,8,15-16H2,1-3H3. The summed E-state index contributed by atoms with van der Waals surface area (Å²) in [5.41, 5.74) is 0.895. The second-order valence-corrected chi connectivity index (χ2v) is 8.53. The van der Waals surface area contributed by atoms with Crippen molar-refractivity contribution in [3.8, 4) is 5.75 Å². The van der Waals surface area contributed by atoms with Crippen LogP contribution in [0.25, 0.3) is 0 Å². The molecule has 1 heterocycles. The molecule has 6 nitrogen and oxygen atoms in total. The number of nitrogens with zero attached hydrogens (tertiary/aromatic N) is 1. The van der Waals surface area contributed by atoms with Crippen molar-refractivity contribution in [1.29, 1.82) is 0 Å². The predicted octanol–water partition coefficient (Wildman–Crippen LogP) is 4.36. The number of unbranched alkanes of at least 4 members (excludes halogenated alkanes) is 1. The lowest BCUT2D eigenvalue weighted by Gasteiger charge is -2.26. The molecule has 7 heteroatoms. The maximum Gasteiger partial charge on any atom is 0.306 e. The number of amides is 1. The Kier molecular flexibility index (Phi) is 8.11. The molecule has 0 N–H and O–H groups in total. The first-order valence-corrected chi connectivity index (χ1v) is 11.4. The lowest BCUT2D eigenvalue weighted by Crippen LogP contribution is -2.35. The van der Waals surface area contributed by atoms with Crippen molar-refractivity contribution in [2.24, 2.45) is 5.92 Å². The molecule has 0 saturated carbocycles. The van der Waals surface area contributed by atoms with Crippen LogP contribution < -0.4 is 4.18 Å². The second-order valence-electron chi connectivity index (χ2n) is 6.95. The minimum Gasteiger partial charge on any atom is -0.467 e. The van der Waals surface area contributed by atoms with Crippen LogP contribution in [-0.4, -0.2) is 25.5 Å². The smallest absolute Gasteiger partial charge is 0.306 e. The maximum absolute atomic E-state index is 13.1. The Morgan fingerprint density at radius 1 is 1.14 bits per heavy atom. The van der Waals surface area contributed by atoms with E-state index in [0.29, 0.717) is 13.1 Å². The number of rotatable bonds is 11. The second kappa shape index (κ2) is 10.3. The highest BCUT2D eigenvalue weighted by Gasteiger charge is 2.23. The zero-order chi connectivity index (χ0) is 20.6. The summed E-state index contributed by atoms with van der Waals surface area (Å²) < 4.78 is 32.8. The van der Waals surface area contributed by atoms with Gasteiger partial charge in [-0.1, -0.05) is 38.8 Å². The monoisotopic (exact) mass is 407 g/mol. The van der Waals surface area contributed by atoms with Crippen molar-refractivity contribution in [3.05, 3.63) is 54.0 Å². The van der Waals surface area contributed by atoms with E-state index < -0.39 is 10.1 Å². The van der Waals surface area contributed by atoms with Gasteiger partial charge in [-0.25, -0.2) is 0 Å². The summed E-state index contributed by atoms with van der Waals surface area (Å²) in [5, 5.41) is 0. The minimum atomic E-state index is -3.56. The highest BCUT2D eigenvalue weighted by atomic mass is 32.2. The summed E-state index contributed by atoms with van der Waals surface area (Å²) in [4.78, 5) is 14.9. The predicted molar refractivity (Wildman–Crippen MR) is 108 cm³/mol. The Labute approximate surface area is 167 Å². The molecule has 1 aromatic heterocycles. The number of hydrogen-bond acceptors (Lipinski definition) is 5. The largest absolute Gasteiger partial charge is 0.467 e. The highest BCUT2D eigenvalue weighted by molar-refractivity contribution is 7.86. The lowest BCUT2D eigenvalue weighted by atomic mass is 9.97. The van der Waals surface area contributed by atoms with E-state index in [0.717, 1.165) is 43.3 Å². The topological polar surface area (TPSA) is 76.8 Å². The SMILES string of the molecule is CCCCC(CC)C(=O)N(Cc1ccc(OS(C)(=O)=O)cc1)Cc1ccco1. The third kappa shape index (κ3) is 7.03. The molecule has 0 aliphatic rings. The van der Waals surface area contributed by atoms with Gasteiger partial charge < -0.3 is 13.5 Å². The molecule has 0 aliphatic carbocycles. The van der Waals surface area contributed by atoms with Gasteiger partial charge in [-0.05, 0) is 42.7 Å². The third-order valence-electron chi connectivity index (χ3n) is 4.53. The Hall–Kier alpha value is -2.28. The molecule has 1 aromatic carbocycles. The van der Waals surface area contributed by atoms with Crippen LogP contribution in [0, 0.1) is 5.92 Å². The molecule has 0 spiro atoms. The van der Waals surface area contributed by atoms with Gasteiger partial charge in [0.25, 0.3) is 0 Å². The fourth-order valence-electron chi connectivity index (χ4n) is 3.06. The molecule has 1 atom stereocenters. The van der Waals surface area contributed by atoms with Crippen LogP contribution in [0.1, 0.15) is 50.9 Å². The van der Waals surface area contributed by atoms with Crippen LogP contribution in [0.4, 0.5) is 0 Å². The van der Waals surface area contributed by atoms with Gasteiger partial charge in [0.05, 0.1) is 19.1 Å². The molecule has 0 bridgehead atoms. The molecule has 2 rings (SSSR count). The quantitative estimate of drug-likeness (QED) is 0.517. The van der Waals surface area contributed by atoms with Crippen LogP contribution in [0.15, 0.2) is 47.1 Å². The first kappa shape index (κ1) is 22.0. The summed E-state index contributed by atoms with van der Waals surface area (Å²) in [5.74, 6) is 1.09. The fraction of sp³-hybridized carbons (Fsp3) is 0.476. The molecule has 154 valence electrons. The average Bonchev–Trinajstić information content (AvgIpc) is 3.15. The molecule has 1 amide bonds. The molecule has 0 saturated heterocycles. The number of carbonyl (C=O) groups is 1. The van der Waals surface area contributed by atoms with Crippen molar-refractivity contribution in [2.75, 3.05) is 6.26 Å². The summed E-state index contributed by atoms with van der Waals surface area (Å²) in [6, 6.07) is 10.4. The van der Waals surface area contributed by atoms with Crippen molar-refractivity contribution in [3.63, 3.8) is 0 Å². The van der Waals surface area contributed by atoms with E-state index in [9.17, 15) is 13.2 Å². The van der Waals surface area contributed by atoms with Gasteiger partial charge in [-0.15, -0.1) is 0 Å². The van der Waals surface area contributed by atoms with Gasteiger partial charge >= 0.3 is 10.1 Å². The van der Waals surface area contributed by atoms with Crippen LogP contribution in [0.3, 0.4) is 0 Å². The summed E-state index contributed by atoms with van der Waals surface area (Å²) in [7, 11) is -3.56. The number of benzene rings is 1. The van der Waals surface area contributed by atoms with E-state index in [1.807, 2.05) is 19.1 Å². The van der Waals surface area contributed by atoms with Gasteiger partial charge in [-0.3, -0.25) is 4.79 Å². The van der Waals surface area contributed by atoms with E-state index in [-0.39, 0.29) is 17.6 Å². The first-order chi connectivity index (χ1) is 13.3. The number of hydrogen-bond donors (Lipinski definition) is 0. The van der Waals surface area contributed by atoms with Crippen molar-refractivity contribution < 1.29 is 21.8 Å². The summed E-state index contributed by atoms with van der Waals surface area (Å²) in [6.45, 7) is 4.98. The van der Waals surface area contributed by atoms with E-state index in [2.05, 4.69) is 6.92 Å². The normalized spacial score (nSPS) is 12.5. The molecule has 28 heavy (non-hydrogen) atoms. The van der Waals surface area contributed by atoms with Gasteiger partial charge in [-0.2, -0.15) is 8.42 Å². The van der Waals surface area contributed by atoms with Crippen LogP contribution in [-0.2, 0) is 28.0 Å². The zero-order valence-corrected chi connectivity index (χ0v) is 17.6. The third-order valence-corrected chi connectivity index (χ3v) is 5.03. The Bertz CT molecular complexity index is 828. The van der Waals surface area contributed by atoms with E-state index in [1.165, 1.54) is 0 Å². The molecule has 0 aliphatic heterocycles.